The van der Waals surface area contributed by atoms with Crippen molar-refractivity contribution >= 4 is 23.3 Å². The number of carbonyl (C=O) groups excluding carboxylic acids is 1. The summed E-state index contributed by atoms with van der Waals surface area (Å²) in [4.78, 5) is 19.5. The molecule has 1 aromatic carbocycles. The van der Waals surface area contributed by atoms with Gasteiger partial charge < -0.3 is 14.4 Å². The molecule has 2 aromatic rings. The molecular weight excluding hydrogens is 402 g/mol. The number of hydrogen-bond donors (Lipinski definition) is 1. The van der Waals surface area contributed by atoms with Crippen molar-refractivity contribution in [2.75, 3.05) is 31.8 Å². The second-order valence-corrected chi connectivity index (χ2v) is 7.78. The summed E-state index contributed by atoms with van der Waals surface area (Å²) in [6.45, 7) is 12.2. The minimum absolute atomic E-state index is 0.238. The first-order valence-electron chi connectivity index (χ1n) is 10.3. The van der Waals surface area contributed by atoms with Gasteiger partial charge in [-0.1, -0.05) is 25.4 Å². The van der Waals surface area contributed by atoms with Crippen LogP contribution in [0.3, 0.4) is 0 Å². The van der Waals surface area contributed by atoms with Gasteiger partial charge in [-0.25, -0.2) is 9.78 Å². The van der Waals surface area contributed by atoms with Crippen molar-refractivity contribution in [1.29, 1.82) is 0 Å². The van der Waals surface area contributed by atoms with E-state index in [1.807, 2.05) is 39.0 Å². The van der Waals surface area contributed by atoms with Crippen LogP contribution in [0.4, 0.5) is 5.69 Å². The van der Waals surface area contributed by atoms with Gasteiger partial charge in [0.1, 0.15) is 11.3 Å². The summed E-state index contributed by atoms with van der Waals surface area (Å²) in [7, 11) is 1.37. The Kier molecular flexibility index (Phi) is 8.93. The number of halogens is 1. The van der Waals surface area contributed by atoms with Crippen molar-refractivity contribution in [2.45, 2.75) is 47.5 Å². The minimum Gasteiger partial charge on any atom is -0.465 e. The number of methoxy groups -OCH3 is 1. The largest absolute Gasteiger partial charge is 0.465 e. The van der Waals surface area contributed by atoms with Crippen LogP contribution in [0.1, 0.15) is 53.9 Å². The van der Waals surface area contributed by atoms with Gasteiger partial charge in [-0.2, -0.15) is 0 Å². The number of nitrogens with one attached hydrogen (secondary N) is 1. The minimum atomic E-state index is -0.478. The highest BCUT2D eigenvalue weighted by atomic mass is 35.5. The number of ether oxygens (including phenoxy) is 2. The van der Waals surface area contributed by atoms with Crippen LogP contribution in [-0.2, 0) is 4.74 Å². The Balaban J connectivity index is 2.59. The van der Waals surface area contributed by atoms with Crippen LogP contribution in [0.15, 0.2) is 18.2 Å². The quantitative estimate of drug-likeness (QED) is 0.307. The summed E-state index contributed by atoms with van der Waals surface area (Å²) in [5, 5.41) is 4.05. The molecule has 0 unspecified atom stereocenters. The van der Waals surface area contributed by atoms with Crippen LogP contribution in [0.5, 0.6) is 11.6 Å². The van der Waals surface area contributed by atoms with E-state index in [1.165, 1.54) is 7.11 Å². The molecule has 2 rings (SSSR count). The third-order valence-corrected chi connectivity index (χ3v) is 4.89. The second-order valence-electron chi connectivity index (χ2n) is 7.35. The Morgan fingerprint density at radius 3 is 2.37 bits per heavy atom. The standard InChI is InChI=1S/C23H32ClN3O3/c1-7-9-25-14-27(10-8-2)19-13-17(5)26-22(20(19)23(28)29-6)30-21-15(3)11-18(24)12-16(21)4/h11-13,25H,7-10,14H2,1-6H3. The molecule has 0 amide bonds. The van der Waals surface area contributed by atoms with Crippen molar-refractivity contribution in [2.24, 2.45) is 0 Å². The van der Waals surface area contributed by atoms with Gasteiger partial charge in [0.05, 0.1) is 19.5 Å². The zero-order valence-corrected chi connectivity index (χ0v) is 19.5. The fraction of sp³-hybridized carbons (Fsp3) is 0.478. The summed E-state index contributed by atoms with van der Waals surface area (Å²) < 4.78 is 11.3. The van der Waals surface area contributed by atoms with E-state index < -0.39 is 5.97 Å². The number of benzene rings is 1. The highest BCUT2D eigenvalue weighted by Gasteiger charge is 2.25. The van der Waals surface area contributed by atoms with Crippen LogP contribution < -0.4 is 15.0 Å². The summed E-state index contributed by atoms with van der Waals surface area (Å²) in [6.07, 6.45) is 1.96. The number of nitrogens with zero attached hydrogens (tertiary/aromatic N) is 2. The summed E-state index contributed by atoms with van der Waals surface area (Å²) in [6, 6.07) is 5.57. The van der Waals surface area contributed by atoms with Gasteiger partial charge in [-0.3, -0.25) is 5.32 Å². The molecule has 6 nitrogen and oxygen atoms in total. The first kappa shape index (κ1) is 24.0. The molecule has 0 fully saturated rings. The molecule has 1 N–H and O–H groups in total. The predicted octanol–water partition coefficient (Wildman–Crippen LogP) is 5.41. The van der Waals surface area contributed by atoms with Crippen molar-refractivity contribution in [3.63, 3.8) is 0 Å². The van der Waals surface area contributed by atoms with E-state index in [0.29, 0.717) is 23.0 Å². The predicted molar refractivity (Wildman–Crippen MR) is 122 cm³/mol. The van der Waals surface area contributed by atoms with E-state index in [-0.39, 0.29) is 5.88 Å². The van der Waals surface area contributed by atoms with Gasteiger partial charge in [-0.15, -0.1) is 0 Å². The average molecular weight is 434 g/mol. The van der Waals surface area contributed by atoms with Crippen LogP contribution in [0.2, 0.25) is 5.02 Å². The number of aryl methyl sites for hydroxylation is 3. The lowest BCUT2D eigenvalue weighted by atomic mass is 10.1. The molecule has 0 radical (unpaired) electrons. The number of anilines is 1. The summed E-state index contributed by atoms with van der Waals surface area (Å²) >= 11 is 6.16. The van der Waals surface area contributed by atoms with Gasteiger partial charge in [0.15, 0.2) is 0 Å². The van der Waals surface area contributed by atoms with Crippen LogP contribution >= 0.6 is 11.6 Å². The molecular formula is C23H32ClN3O3. The smallest absolute Gasteiger partial charge is 0.345 e. The Labute approximate surface area is 184 Å². The number of aromatic nitrogens is 1. The van der Waals surface area contributed by atoms with Gasteiger partial charge in [0, 0.05) is 17.3 Å². The number of rotatable bonds is 10. The molecule has 1 heterocycles. The SMILES string of the molecule is CCCNCN(CCC)c1cc(C)nc(Oc2c(C)cc(Cl)cc2C)c1C(=O)OC. The van der Waals surface area contributed by atoms with E-state index in [9.17, 15) is 4.79 Å². The van der Waals surface area contributed by atoms with Gasteiger partial charge in [0.2, 0.25) is 5.88 Å². The maximum Gasteiger partial charge on any atom is 0.345 e. The molecule has 30 heavy (non-hydrogen) atoms. The first-order valence-corrected chi connectivity index (χ1v) is 10.7. The number of pyridine rings is 1. The number of esters is 1. The van der Waals surface area contributed by atoms with Crippen LogP contribution in [-0.4, -0.2) is 37.8 Å². The fourth-order valence-electron chi connectivity index (χ4n) is 3.35. The highest BCUT2D eigenvalue weighted by Crippen LogP contribution is 2.36. The molecule has 0 spiro atoms. The monoisotopic (exact) mass is 433 g/mol. The lowest BCUT2D eigenvalue weighted by Gasteiger charge is -2.27. The van der Waals surface area contributed by atoms with Crippen LogP contribution in [0, 0.1) is 20.8 Å². The molecule has 0 aliphatic heterocycles. The van der Waals surface area contributed by atoms with E-state index >= 15 is 0 Å². The van der Waals surface area contributed by atoms with E-state index in [1.54, 1.807) is 0 Å². The number of hydrogen-bond acceptors (Lipinski definition) is 6. The Morgan fingerprint density at radius 2 is 1.80 bits per heavy atom. The normalized spacial score (nSPS) is 10.8. The molecule has 0 aliphatic rings. The van der Waals surface area contributed by atoms with E-state index in [0.717, 1.165) is 48.4 Å². The third-order valence-electron chi connectivity index (χ3n) is 4.67. The molecule has 0 bridgehead atoms. The van der Waals surface area contributed by atoms with Crippen molar-refractivity contribution in [1.82, 2.24) is 10.3 Å². The molecule has 0 saturated carbocycles. The lowest BCUT2D eigenvalue weighted by Crippen LogP contribution is -2.36. The Hall–Kier alpha value is -2.31. The van der Waals surface area contributed by atoms with Crippen molar-refractivity contribution in [3.8, 4) is 11.6 Å². The molecule has 1 aromatic heterocycles. The van der Waals surface area contributed by atoms with Crippen LogP contribution in [0.25, 0.3) is 0 Å². The Morgan fingerprint density at radius 1 is 1.13 bits per heavy atom. The topological polar surface area (TPSA) is 63.7 Å². The van der Waals surface area contributed by atoms with E-state index in [2.05, 4.69) is 29.0 Å². The molecule has 164 valence electrons. The summed E-state index contributed by atoms with van der Waals surface area (Å²) in [5.74, 6) is 0.398. The molecule has 0 aliphatic carbocycles. The zero-order valence-electron chi connectivity index (χ0n) is 18.8. The average Bonchev–Trinajstić information content (AvgIpc) is 2.69. The highest BCUT2D eigenvalue weighted by molar-refractivity contribution is 6.30. The molecule has 0 saturated heterocycles. The second kappa shape index (κ2) is 11.2. The summed E-state index contributed by atoms with van der Waals surface area (Å²) in [5.41, 5.74) is 3.57. The van der Waals surface area contributed by atoms with Crippen molar-refractivity contribution < 1.29 is 14.3 Å². The zero-order chi connectivity index (χ0) is 22.3. The van der Waals surface area contributed by atoms with E-state index in [4.69, 9.17) is 21.1 Å². The maximum atomic E-state index is 12.8. The first-order chi connectivity index (χ1) is 14.3. The van der Waals surface area contributed by atoms with Gasteiger partial charge in [-0.05, 0) is 69.5 Å². The molecule has 7 heteroatoms. The fourth-order valence-corrected chi connectivity index (χ4v) is 3.67. The van der Waals surface area contributed by atoms with Gasteiger partial charge >= 0.3 is 5.97 Å². The molecule has 0 atom stereocenters. The number of carbonyl (C=O) groups is 1. The Bertz CT molecular complexity index is 863. The lowest BCUT2D eigenvalue weighted by molar-refractivity contribution is 0.0597. The van der Waals surface area contributed by atoms with Crippen molar-refractivity contribution in [3.05, 3.63) is 45.6 Å². The third kappa shape index (κ3) is 5.86. The van der Waals surface area contributed by atoms with Gasteiger partial charge in [0.25, 0.3) is 0 Å². The maximum absolute atomic E-state index is 12.8.